The van der Waals surface area contributed by atoms with Crippen molar-refractivity contribution >= 4 is 39.1 Å². The van der Waals surface area contributed by atoms with Crippen LogP contribution in [0.3, 0.4) is 0 Å². The number of benzene rings is 1. The van der Waals surface area contributed by atoms with Crippen LogP contribution in [0.4, 0.5) is 19.0 Å². The maximum absolute atomic E-state index is 13.3. The van der Waals surface area contributed by atoms with Crippen LogP contribution >= 0.6 is 0 Å². The summed E-state index contributed by atoms with van der Waals surface area (Å²) in [6.45, 7) is 1.53. The molecule has 1 aliphatic heterocycles. The number of nitrogens with zero attached hydrogens (tertiary/aromatic N) is 4. The third-order valence-corrected chi connectivity index (χ3v) is 6.30. The Labute approximate surface area is 179 Å². The van der Waals surface area contributed by atoms with Crippen LogP contribution in [0.25, 0.3) is 22.3 Å². The second-order valence-corrected chi connectivity index (χ2v) is 8.62. The highest BCUT2D eigenvalue weighted by Crippen LogP contribution is 2.34. The second kappa shape index (κ2) is 8.56. The van der Waals surface area contributed by atoms with Crippen molar-refractivity contribution in [3.05, 3.63) is 41.7 Å². The Hall–Kier alpha value is -2.50. The van der Waals surface area contributed by atoms with Crippen LogP contribution in [0, 0.1) is 0 Å². The maximum Gasteiger partial charge on any atom is 0.416 e. The van der Waals surface area contributed by atoms with E-state index in [1.54, 1.807) is 12.5 Å². The second-order valence-electron chi connectivity index (χ2n) is 7.26. The predicted octanol–water partition coefficient (Wildman–Crippen LogP) is 3.08. The molecule has 3 aromatic rings. The summed E-state index contributed by atoms with van der Waals surface area (Å²) >= 11 is 0. The highest BCUT2D eigenvalue weighted by atomic mass is 32.2. The molecule has 31 heavy (non-hydrogen) atoms. The first kappa shape index (κ1) is 21.7. The number of anilines is 1. The molecule has 166 valence electrons. The number of aliphatic hydroxyl groups excluding tert-OH is 1. The van der Waals surface area contributed by atoms with Crippen molar-refractivity contribution in [2.45, 2.75) is 19.0 Å². The molecule has 0 fully saturated rings. The summed E-state index contributed by atoms with van der Waals surface area (Å²) in [5.74, 6) is 0.360. The summed E-state index contributed by atoms with van der Waals surface area (Å²) in [4.78, 5) is 8.89. The summed E-state index contributed by atoms with van der Waals surface area (Å²) in [7, 11) is -1.06. The lowest BCUT2D eigenvalue weighted by Crippen LogP contribution is -2.29. The third-order valence-electron chi connectivity index (χ3n) is 5.24. The van der Waals surface area contributed by atoms with Crippen molar-refractivity contribution < 1.29 is 22.5 Å². The Balaban J connectivity index is 1.87. The first-order valence-corrected chi connectivity index (χ1v) is 11.3. The fourth-order valence-electron chi connectivity index (χ4n) is 3.66. The smallest absolute Gasteiger partial charge is 0.396 e. The zero-order valence-corrected chi connectivity index (χ0v) is 17.6. The van der Waals surface area contributed by atoms with Gasteiger partial charge in [0.15, 0.2) is 11.5 Å². The monoisotopic (exact) mass is 453 g/mol. The average Bonchev–Trinajstić information content (AvgIpc) is 3.18. The molecule has 2 N–H and O–H groups in total. The fourth-order valence-corrected chi connectivity index (χ4v) is 4.29. The molecule has 1 atom stereocenters. The molecule has 0 bridgehead atoms. The molecule has 7 nitrogen and oxygen atoms in total. The SMILES string of the molecule is CS(=O)N1CC=C(c2cnc3c(NCCCO)nc4cc(C(F)(F)F)ccc4n23)CC1. The third kappa shape index (κ3) is 4.30. The van der Waals surface area contributed by atoms with Crippen molar-refractivity contribution in [1.82, 2.24) is 18.7 Å². The minimum absolute atomic E-state index is 0.0169. The average molecular weight is 453 g/mol. The van der Waals surface area contributed by atoms with Gasteiger partial charge < -0.3 is 10.4 Å². The Morgan fingerprint density at radius 2 is 2.13 bits per heavy atom. The standard InChI is InChI=1S/C20H22F3N5O2S/c1-31(30)27-8-5-13(6-9-27)17-12-25-19-18(24-7-2-10-29)26-15-11-14(20(21,22)23)3-4-16(15)28(17)19/h3-5,11-12,29H,2,6-10H2,1H3,(H,24,26). The lowest BCUT2D eigenvalue weighted by Gasteiger charge is -2.23. The van der Waals surface area contributed by atoms with Gasteiger partial charge in [-0.15, -0.1) is 0 Å². The Morgan fingerprint density at radius 3 is 2.77 bits per heavy atom. The van der Waals surface area contributed by atoms with Crippen molar-refractivity contribution in [1.29, 1.82) is 0 Å². The van der Waals surface area contributed by atoms with Gasteiger partial charge in [0.05, 0.1) is 39.5 Å². The van der Waals surface area contributed by atoms with E-state index in [1.165, 1.54) is 6.07 Å². The number of aliphatic hydroxyl groups is 1. The van der Waals surface area contributed by atoms with Crippen LogP contribution in [0.5, 0.6) is 0 Å². The summed E-state index contributed by atoms with van der Waals surface area (Å²) in [5, 5.41) is 12.1. The summed E-state index contributed by atoms with van der Waals surface area (Å²) < 4.78 is 55.2. The van der Waals surface area contributed by atoms with Gasteiger partial charge in [-0.25, -0.2) is 18.5 Å². The Kier molecular flexibility index (Phi) is 6.00. The van der Waals surface area contributed by atoms with E-state index in [-0.39, 0.29) is 12.1 Å². The van der Waals surface area contributed by atoms with Crippen LogP contribution in [-0.4, -0.2) is 60.5 Å². The largest absolute Gasteiger partial charge is 0.416 e. The number of imidazole rings is 1. The topological polar surface area (TPSA) is 82.8 Å². The number of rotatable bonds is 6. The van der Waals surface area contributed by atoms with Crippen molar-refractivity contribution in [3.63, 3.8) is 0 Å². The molecule has 1 aliphatic rings. The number of alkyl halides is 3. The molecule has 0 radical (unpaired) electrons. The van der Waals surface area contributed by atoms with Gasteiger partial charge in [-0.05, 0) is 36.6 Å². The number of hydrogen-bond donors (Lipinski definition) is 2. The van der Waals surface area contributed by atoms with Gasteiger partial charge in [-0.2, -0.15) is 13.2 Å². The minimum atomic E-state index is -4.47. The van der Waals surface area contributed by atoms with Crippen LogP contribution < -0.4 is 5.32 Å². The Bertz CT molecular complexity index is 1180. The van der Waals surface area contributed by atoms with Crippen molar-refractivity contribution in [2.24, 2.45) is 0 Å². The molecule has 0 amide bonds. The number of halogens is 3. The molecule has 0 aliphatic carbocycles. The van der Waals surface area contributed by atoms with Gasteiger partial charge in [-0.1, -0.05) is 6.08 Å². The van der Waals surface area contributed by atoms with Gasteiger partial charge in [0.2, 0.25) is 0 Å². The van der Waals surface area contributed by atoms with Crippen molar-refractivity contribution in [2.75, 3.05) is 37.8 Å². The van der Waals surface area contributed by atoms with E-state index in [0.29, 0.717) is 49.5 Å². The normalized spacial score (nSPS) is 16.6. The van der Waals surface area contributed by atoms with Crippen LogP contribution in [0.2, 0.25) is 0 Å². The first-order valence-electron chi connectivity index (χ1n) is 9.80. The number of hydrogen-bond acceptors (Lipinski definition) is 5. The van der Waals surface area contributed by atoms with Gasteiger partial charge in [0.1, 0.15) is 0 Å². The molecule has 0 saturated heterocycles. The molecular formula is C20H22F3N5O2S. The Morgan fingerprint density at radius 1 is 1.32 bits per heavy atom. The highest BCUT2D eigenvalue weighted by molar-refractivity contribution is 7.81. The zero-order valence-electron chi connectivity index (χ0n) is 16.8. The minimum Gasteiger partial charge on any atom is -0.396 e. The first-order chi connectivity index (χ1) is 14.8. The van der Waals surface area contributed by atoms with E-state index in [4.69, 9.17) is 5.11 Å². The van der Waals surface area contributed by atoms with Crippen LogP contribution in [-0.2, 0) is 17.2 Å². The van der Waals surface area contributed by atoms with Gasteiger partial charge in [-0.3, -0.25) is 4.40 Å². The molecule has 2 aromatic heterocycles. The zero-order chi connectivity index (χ0) is 22.2. The van der Waals surface area contributed by atoms with E-state index in [2.05, 4.69) is 15.3 Å². The number of nitrogens with one attached hydrogen (secondary N) is 1. The molecule has 11 heteroatoms. The van der Waals surface area contributed by atoms with Gasteiger partial charge in [0.25, 0.3) is 0 Å². The van der Waals surface area contributed by atoms with Crippen molar-refractivity contribution in [3.8, 4) is 0 Å². The summed E-state index contributed by atoms with van der Waals surface area (Å²) in [5.41, 5.74) is 2.21. The quantitative estimate of drug-likeness (QED) is 0.561. The molecule has 0 saturated carbocycles. The molecule has 3 heterocycles. The number of aromatic nitrogens is 3. The van der Waals surface area contributed by atoms with Crippen LogP contribution in [0.1, 0.15) is 24.1 Å². The lowest BCUT2D eigenvalue weighted by atomic mass is 10.1. The highest BCUT2D eigenvalue weighted by Gasteiger charge is 2.31. The summed E-state index contributed by atoms with van der Waals surface area (Å²) in [6, 6.07) is 3.49. The van der Waals surface area contributed by atoms with Crippen LogP contribution in [0.15, 0.2) is 30.5 Å². The molecule has 1 aromatic carbocycles. The lowest BCUT2D eigenvalue weighted by molar-refractivity contribution is -0.137. The van der Waals surface area contributed by atoms with E-state index in [0.717, 1.165) is 23.4 Å². The molecule has 4 rings (SSSR count). The van der Waals surface area contributed by atoms with Gasteiger partial charge in [0, 0.05) is 32.5 Å². The maximum atomic E-state index is 13.3. The molecule has 0 spiro atoms. The predicted molar refractivity (Wildman–Crippen MR) is 114 cm³/mol. The van der Waals surface area contributed by atoms with E-state index >= 15 is 0 Å². The van der Waals surface area contributed by atoms with Gasteiger partial charge >= 0.3 is 6.18 Å². The molecular weight excluding hydrogens is 431 g/mol. The fraction of sp³-hybridized carbons (Fsp3) is 0.400. The van der Waals surface area contributed by atoms with E-state index in [1.807, 2.05) is 14.8 Å². The molecule has 1 unspecified atom stereocenters. The summed E-state index contributed by atoms with van der Waals surface area (Å²) in [6.07, 6.45) is 1.94. The van der Waals surface area contributed by atoms with E-state index < -0.39 is 22.7 Å². The number of fused-ring (bicyclic) bond motifs is 3. The van der Waals surface area contributed by atoms with E-state index in [9.17, 15) is 17.4 Å².